The van der Waals surface area contributed by atoms with E-state index in [9.17, 15) is 9.90 Å². The lowest BCUT2D eigenvalue weighted by Crippen LogP contribution is -2.37. The third-order valence-corrected chi connectivity index (χ3v) is 8.67. The maximum Gasteiger partial charge on any atom is 0.315 e. The molecule has 0 unspecified atom stereocenters. The lowest BCUT2D eigenvalue weighted by molar-refractivity contribution is -0.252. The summed E-state index contributed by atoms with van der Waals surface area (Å²) in [4.78, 5) is 14.8. The van der Waals surface area contributed by atoms with Crippen molar-refractivity contribution in [2.24, 2.45) is 0 Å². The Bertz CT molecular complexity index is 1730. The summed E-state index contributed by atoms with van der Waals surface area (Å²) >= 11 is 0. The van der Waals surface area contributed by atoms with Gasteiger partial charge in [-0.25, -0.2) is 4.79 Å². The summed E-state index contributed by atoms with van der Waals surface area (Å²) in [6, 6.07) is 44.5. The summed E-state index contributed by atoms with van der Waals surface area (Å²) in [5.74, 6) is 0. The normalized spacial score (nSPS) is 17.6. The number of hydrogen-bond acceptors (Lipinski definition) is 5. The van der Waals surface area contributed by atoms with Gasteiger partial charge in [0.25, 0.3) is 0 Å². The topological polar surface area (TPSA) is 83.1 Å². The zero-order valence-corrected chi connectivity index (χ0v) is 27.3. The zero-order valence-electron chi connectivity index (χ0n) is 27.3. The van der Waals surface area contributed by atoms with Gasteiger partial charge in [-0.3, -0.25) is 4.90 Å². The van der Waals surface area contributed by atoms with Crippen molar-refractivity contribution in [2.45, 2.75) is 51.2 Å². The fourth-order valence-corrected chi connectivity index (χ4v) is 6.13. The van der Waals surface area contributed by atoms with E-state index < -0.39 is 6.29 Å². The van der Waals surface area contributed by atoms with Crippen molar-refractivity contribution in [3.8, 4) is 11.1 Å². The van der Waals surface area contributed by atoms with E-state index in [0.29, 0.717) is 13.1 Å². The molecule has 2 amide bonds. The molecule has 0 aliphatic carbocycles. The molecule has 1 aliphatic heterocycles. The molecule has 0 bridgehead atoms. The summed E-state index contributed by atoms with van der Waals surface area (Å²) in [5, 5.41) is 15.5. The standard InChI is InChI=1S/C41H43N3O4/c1-44(27-31-12-6-3-7-13-31)28-37-24-39(34-18-16-32(29-45)17-19-34)48-40(47-37)35-22-20-33(21-23-35)38-15-9-8-14-36(38)26-43-41(46)42-25-30-10-4-2-5-11-30/h2-23,37,39-40,45H,24-29H2,1H3,(H2,42,43,46)/t37-,39+,40+/m0/s1. The second kappa shape index (κ2) is 16.4. The second-order valence-corrected chi connectivity index (χ2v) is 12.3. The van der Waals surface area contributed by atoms with Crippen LogP contribution >= 0.6 is 0 Å². The van der Waals surface area contributed by atoms with Gasteiger partial charge in [0.15, 0.2) is 6.29 Å². The van der Waals surface area contributed by atoms with E-state index >= 15 is 0 Å². The van der Waals surface area contributed by atoms with E-state index in [4.69, 9.17) is 9.47 Å². The number of carbonyl (C=O) groups excluding carboxylic acids is 1. The van der Waals surface area contributed by atoms with Crippen LogP contribution in [0.15, 0.2) is 133 Å². The molecule has 1 saturated heterocycles. The largest absolute Gasteiger partial charge is 0.392 e. The molecule has 0 saturated carbocycles. The van der Waals surface area contributed by atoms with E-state index in [1.807, 2.05) is 78.9 Å². The average molecular weight is 642 g/mol. The van der Waals surface area contributed by atoms with Crippen molar-refractivity contribution in [1.82, 2.24) is 15.5 Å². The molecule has 246 valence electrons. The number of nitrogens with one attached hydrogen (secondary N) is 2. The van der Waals surface area contributed by atoms with Gasteiger partial charge in [-0.2, -0.15) is 0 Å². The van der Waals surface area contributed by atoms with Crippen LogP contribution in [0.25, 0.3) is 11.1 Å². The summed E-state index contributed by atoms with van der Waals surface area (Å²) in [6.07, 6.45) is 0.00664. The highest BCUT2D eigenvalue weighted by molar-refractivity contribution is 5.75. The third-order valence-electron chi connectivity index (χ3n) is 8.67. The third kappa shape index (κ3) is 8.97. The molecule has 0 aromatic heterocycles. The molecule has 3 atom stereocenters. The SMILES string of the molecule is CN(Cc1ccccc1)C[C@@H]1C[C@H](c2ccc(CO)cc2)O[C@H](c2ccc(-c3ccccc3CNC(=O)NCc3ccccc3)cc2)O1. The number of likely N-dealkylation sites (N-methyl/N-ethyl adjacent to an activating group) is 1. The number of nitrogens with zero attached hydrogens (tertiary/aromatic N) is 1. The smallest absolute Gasteiger partial charge is 0.315 e. The molecular weight excluding hydrogens is 598 g/mol. The van der Waals surface area contributed by atoms with Gasteiger partial charge in [-0.1, -0.05) is 133 Å². The fraction of sp³-hybridized carbons (Fsp3) is 0.244. The van der Waals surface area contributed by atoms with Gasteiger partial charge < -0.3 is 25.2 Å². The van der Waals surface area contributed by atoms with Gasteiger partial charge in [0.1, 0.15) is 0 Å². The molecule has 1 aliphatic rings. The molecule has 1 fully saturated rings. The molecule has 5 aromatic rings. The Morgan fingerprint density at radius 2 is 1.33 bits per heavy atom. The van der Waals surface area contributed by atoms with Gasteiger partial charge in [0, 0.05) is 38.2 Å². The van der Waals surface area contributed by atoms with Crippen LogP contribution in [0.4, 0.5) is 4.79 Å². The fourth-order valence-electron chi connectivity index (χ4n) is 6.13. The van der Waals surface area contributed by atoms with Crippen LogP contribution in [-0.2, 0) is 35.7 Å². The monoisotopic (exact) mass is 641 g/mol. The lowest BCUT2D eigenvalue weighted by atomic mass is 9.97. The highest BCUT2D eigenvalue weighted by Crippen LogP contribution is 2.39. The molecule has 3 N–H and O–H groups in total. The molecular formula is C41H43N3O4. The van der Waals surface area contributed by atoms with Gasteiger partial charge in [-0.15, -0.1) is 0 Å². The number of hydrogen-bond donors (Lipinski definition) is 3. The molecule has 0 spiro atoms. The first kappa shape index (κ1) is 33.1. The van der Waals surface area contributed by atoms with Gasteiger partial charge in [0.05, 0.1) is 18.8 Å². The van der Waals surface area contributed by atoms with Crippen molar-refractivity contribution in [3.05, 3.63) is 167 Å². The first-order valence-corrected chi connectivity index (χ1v) is 16.5. The van der Waals surface area contributed by atoms with E-state index in [1.165, 1.54) is 5.56 Å². The van der Waals surface area contributed by atoms with E-state index in [-0.39, 0.29) is 24.8 Å². The minimum Gasteiger partial charge on any atom is -0.392 e. The van der Waals surface area contributed by atoms with Crippen molar-refractivity contribution in [2.75, 3.05) is 13.6 Å². The minimum atomic E-state index is -0.532. The Hall–Kier alpha value is -4.79. The van der Waals surface area contributed by atoms with E-state index in [2.05, 4.69) is 77.2 Å². The Kier molecular flexibility index (Phi) is 11.3. The number of rotatable bonds is 12. The van der Waals surface area contributed by atoms with Crippen LogP contribution in [0.1, 0.15) is 52.2 Å². The maximum absolute atomic E-state index is 12.5. The number of benzene rings is 5. The second-order valence-electron chi connectivity index (χ2n) is 12.3. The summed E-state index contributed by atoms with van der Waals surface area (Å²) < 4.78 is 13.2. The van der Waals surface area contributed by atoms with Crippen LogP contribution in [0.5, 0.6) is 0 Å². The molecule has 5 aromatic carbocycles. The van der Waals surface area contributed by atoms with Gasteiger partial charge >= 0.3 is 6.03 Å². The summed E-state index contributed by atoms with van der Waals surface area (Å²) in [5.41, 5.74) is 8.34. The maximum atomic E-state index is 12.5. The zero-order chi connectivity index (χ0) is 33.1. The number of ether oxygens (including phenoxy) is 2. The number of aliphatic hydroxyl groups is 1. The van der Waals surface area contributed by atoms with Crippen molar-refractivity contribution in [3.63, 3.8) is 0 Å². The molecule has 1 heterocycles. The van der Waals surface area contributed by atoms with E-state index in [0.717, 1.165) is 58.5 Å². The highest BCUT2D eigenvalue weighted by atomic mass is 16.7. The van der Waals surface area contributed by atoms with Crippen LogP contribution < -0.4 is 10.6 Å². The molecule has 48 heavy (non-hydrogen) atoms. The first-order valence-electron chi connectivity index (χ1n) is 16.5. The highest BCUT2D eigenvalue weighted by Gasteiger charge is 2.32. The number of aliphatic hydroxyl groups excluding tert-OH is 1. The van der Waals surface area contributed by atoms with Crippen molar-refractivity contribution < 1.29 is 19.4 Å². The minimum absolute atomic E-state index is 0.0113. The quantitative estimate of drug-likeness (QED) is 0.131. The number of urea groups is 1. The Morgan fingerprint density at radius 3 is 2.04 bits per heavy atom. The van der Waals surface area contributed by atoms with Crippen LogP contribution in [0.2, 0.25) is 0 Å². The molecule has 7 heteroatoms. The number of amides is 2. The Balaban J connectivity index is 1.14. The summed E-state index contributed by atoms with van der Waals surface area (Å²) in [6.45, 7) is 2.48. The van der Waals surface area contributed by atoms with Gasteiger partial charge in [-0.05, 0) is 46.0 Å². The predicted molar refractivity (Wildman–Crippen MR) is 189 cm³/mol. The first-order chi connectivity index (χ1) is 23.5. The Labute approximate surface area is 283 Å². The van der Waals surface area contributed by atoms with Gasteiger partial charge in [0.2, 0.25) is 0 Å². The van der Waals surface area contributed by atoms with Crippen LogP contribution in [0.3, 0.4) is 0 Å². The van der Waals surface area contributed by atoms with Crippen LogP contribution in [-0.4, -0.2) is 35.7 Å². The molecule has 6 rings (SSSR count). The van der Waals surface area contributed by atoms with Crippen LogP contribution in [0, 0.1) is 0 Å². The number of carbonyl (C=O) groups is 1. The lowest BCUT2D eigenvalue weighted by Gasteiger charge is -2.38. The Morgan fingerprint density at radius 1 is 0.708 bits per heavy atom. The van der Waals surface area contributed by atoms with Crippen molar-refractivity contribution >= 4 is 6.03 Å². The van der Waals surface area contributed by atoms with E-state index in [1.54, 1.807) is 0 Å². The predicted octanol–water partition coefficient (Wildman–Crippen LogP) is 7.52. The summed E-state index contributed by atoms with van der Waals surface area (Å²) in [7, 11) is 2.12. The molecule has 0 radical (unpaired) electrons. The molecule has 7 nitrogen and oxygen atoms in total. The van der Waals surface area contributed by atoms with Crippen molar-refractivity contribution in [1.29, 1.82) is 0 Å². The average Bonchev–Trinajstić information content (AvgIpc) is 3.14.